The predicted octanol–water partition coefficient (Wildman–Crippen LogP) is 3.61. The van der Waals surface area contributed by atoms with Gasteiger partial charge in [0.2, 0.25) is 11.7 Å². The van der Waals surface area contributed by atoms with Gasteiger partial charge in [0, 0.05) is 36.6 Å². The number of carbonyl (C=O) groups excluding carboxylic acids is 1. The minimum absolute atomic E-state index is 0.152. The van der Waals surface area contributed by atoms with Gasteiger partial charge < -0.3 is 24.1 Å². The van der Waals surface area contributed by atoms with Crippen LogP contribution >= 0.6 is 0 Å². The number of aryl methyl sites for hydroxylation is 1. The molecule has 0 radical (unpaired) electrons. The van der Waals surface area contributed by atoms with Crippen molar-refractivity contribution in [1.82, 2.24) is 15.5 Å². The fraction of sp³-hybridized carbons (Fsp3) is 0.348. The Balaban J connectivity index is 1.37. The highest BCUT2D eigenvalue weighted by molar-refractivity contribution is 5.94. The molecule has 0 fully saturated rings. The fourth-order valence-electron chi connectivity index (χ4n) is 3.44. The second kappa shape index (κ2) is 9.07. The lowest BCUT2D eigenvalue weighted by molar-refractivity contribution is 0.0950. The van der Waals surface area contributed by atoms with E-state index >= 15 is 0 Å². The van der Waals surface area contributed by atoms with E-state index in [0.29, 0.717) is 36.2 Å². The number of amides is 1. The zero-order valence-electron chi connectivity index (χ0n) is 17.8. The summed E-state index contributed by atoms with van der Waals surface area (Å²) in [6.45, 7) is 6.80. The van der Waals surface area contributed by atoms with Gasteiger partial charge in [-0.2, -0.15) is 4.98 Å². The summed E-state index contributed by atoms with van der Waals surface area (Å²) in [5.74, 6) is 3.03. The van der Waals surface area contributed by atoms with Gasteiger partial charge in [0.1, 0.15) is 23.4 Å². The minimum atomic E-state index is -0.183. The number of nitrogens with zero attached hydrogens (tertiary/aromatic N) is 2. The van der Waals surface area contributed by atoms with Gasteiger partial charge in [0.05, 0.1) is 6.61 Å². The molecule has 4 rings (SSSR count). The molecular formula is C23H25N3O5. The van der Waals surface area contributed by atoms with Crippen LogP contribution in [0.2, 0.25) is 0 Å². The number of fused-ring (bicyclic) bond motifs is 1. The Morgan fingerprint density at radius 1 is 1.23 bits per heavy atom. The highest BCUT2D eigenvalue weighted by atomic mass is 16.5. The van der Waals surface area contributed by atoms with E-state index < -0.39 is 0 Å². The van der Waals surface area contributed by atoms with Crippen LogP contribution in [-0.2, 0) is 19.6 Å². The highest BCUT2D eigenvalue weighted by Gasteiger charge is 2.22. The molecule has 162 valence electrons. The number of hydrogen-bond donors (Lipinski definition) is 1. The van der Waals surface area contributed by atoms with E-state index in [1.165, 1.54) is 0 Å². The summed E-state index contributed by atoms with van der Waals surface area (Å²) in [5, 5.41) is 6.73. The van der Waals surface area contributed by atoms with Crippen LogP contribution in [0.5, 0.6) is 17.2 Å². The third kappa shape index (κ3) is 4.96. The Bertz CT molecular complexity index is 1060. The number of benzene rings is 2. The molecular weight excluding hydrogens is 398 g/mol. The Labute approximate surface area is 180 Å². The molecule has 2 heterocycles. The summed E-state index contributed by atoms with van der Waals surface area (Å²) in [7, 11) is 0. The number of aromatic nitrogens is 2. The van der Waals surface area contributed by atoms with Crippen molar-refractivity contribution >= 4 is 5.91 Å². The maximum absolute atomic E-state index is 12.6. The first-order chi connectivity index (χ1) is 15.0. The SMILES string of the molecule is CCOc1cc2c(cc1CNC(=O)c1ccc(OCc3noc(C)n3)cc1)OC(C)C2. The maximum Gasteiger partial charge on any atom is 0.251 e. The first-order valence-corrected chi connectivity index (χ1v) is 10.3. The van der Waals surface area contributed by atoms with E-state index in [1.807, 2.05) is 26.0 Å². The smallest absolute Gasteiger partial charge is 0.251 e. The van der Waals surface area contributed by atoms with Crippen LogP contribution < -0.4 is 19.5 Å². The minimum Gasteiger partial charge on any atom is -0.494 e. The second-order valence-electron chi connectivity index (χ2n) is 7.36. The standard InChI is InChI=1S/C23H25N3O5/c1-4-28-20-10-17-9-14(2)30-21(17)11-18(20)12-24-23(27)16-5-7-19(8-6-16)29-13-22-25-15(3)31-26-22/h5-8,10-11,14H,4,9,12-13H2,1-3H3,(H,24,27). The van der Waals surface area contributed by atoms with Crippen molar-refractivity contribution in [2.45, 2.75) is 46.4 Å². The van der Waals surface area contributed by atoms with Crippen molar-refractivity contribution in [1.29, 1.82) is 0 Å². The molecule has 1 aromatic heterocycles. The molecule has 0 bridgehead atoms. The van der Waals surface area contributed by atoms with E-state index in [1.54, 1.807) is 31.2 Å². The first-order valence-electron chi connectivity index (χ1n) is 10.3. The Hall–Kier alpha value is -3.55. The Morgan fingerprint density at radius 3 is 2.74 bits per heavy atom. The largest absolute Gasteiger partial charge is 0.494 e. The summed E-state index contributed by atoms with van der Waals surface area (Å²) < 4.78 is 22.1. The van der Waals surface area contributed by atoms with Gasteiger partial charge in [0.25, 0.3) is 5.91 Å². The molecule has 0 saturated carbocycles. The topological polar surface area (TPSA) is 95.7 Å². The molecule has 0 aliphatic carbocycles. The van der Waals surface area contributed by atoms with Gasteiger partial charge >= 0.3 is 0 Å². The van der Waals surface area contributed by atoms with Crippen molar-refractivity contribution in [2.75, 3.05) is 6.61 Å². The third-order valence-electron chi connectivity index (χ3n) is 4.87. The summed E-state index contributed by atoms with van der Waals surface area (Å²) in [4.78, 5) is 16.7. The van der Waals surface area contributed by atoms with E-state index in [-0.39, 0.29) is 18.6 Å². The van der Waals surface area contributed by atoms with Gasteiger partial charge in [0.15, 0.2) is 6.61 Å². The fourth-order valence-corrected chi connectivity index (χ4v) is 3.44. The third-order valence-corrected chi connectivity index (χ3v) is 4.87. The molecule has 3 aromatic rings. The van der Waals surface area contributed by atoms with Crippen LogP contribution in [0, 0.1) is 6.92 Å². The van der Waals surface area contributed by atoms with Crippen molar-refractivity contribution in [3.8, 4) is 17.2 Å². The lowest BCUT2D eigenvalue weighted by Crippen LogP contribution is -2.23. The van der Waals surface area contributed by atoms with Gasteiger partial charge in [-0.25, -0.2) is 0 Å². The number of rotatable bonds is 8. The molecule has 1 aliphatic heterocycles. The van der Waals surface area contributed by atoms with E-state index in [4.69, 9.17) is 18.7 Å². The van der Waals surface area contributed by atoms with E-state index in [9.17, 15) is 4.79 Å². The van der Waals surface area contributed by atoms with Gasteiger partial charge in [-0.3, -0.25) is 4.79 Å². The average molecular weight is 423 g/mol. The molecule has 0 saturated heterocycles. The Morgan fingerprint density at radius 2 is 2.03 bits per heavy atom. The van der Waals surface area contributed by atoms with Crippen molar-refractivity contribution < 1.29 is 23.5 Å². The second-order valence-corrected chi connectivity index (χ2v) is 7.36. The number of carbonyl (C=O) groups is 1. The van der Waals surface area contributed by atoms with Crippen LogP contribution in [0.25, 0.3) is 0 Å². The van der Waals surface area contributed by atoms with Crippen LogP contribution in [0.15, 0.2) is 40.9 Å². The average Bonchev–Trinajstić information content (AvgIpc) is 3.34. The molecule has 0 spiro atoms. The molecule has 31 heavy (non-hydrogen) atoms. The zero-order chi connectivity index (χ0) is 21.8. The van der Waals surface area contributed by atoms with Crippen molar-refractivity contribution in [3.63, 3.8) is 0 Å². The lowest BCUT2D eigenvalue weighted by atomic mass is 10.1. The number of hydrogen-bond acceptors (Lipinski definition) is 7. The normalized spacial score (nSPS) is 14.6. The first kappa shape index (κ1) is 20.7. The van der Waals surface area contributed by atoms with Crippen LogP contribution in [0.4, 0.5) is 0 Å². The van der Waals surface area contributed by atoms with Crippen LogP contribution in [-0.4, -0.2) is 28.8 Å². The van der Waals surface area contributed by atoms with Crippen molar-refractivity contribution in [2.24, 2.45) is 0 Å². The van der Waals surface area contributed by atoms with Gasteiger partial charge in [-0.15, -0.1) is 0 Å². The quantitative estimate of drug-likeness (QED) is 0.591. The predicted molar refractivity (Wildman–Crippen MR) is 112 cm³/mol. The monoisotopic (exact) mass is 423 g/mol. The summed E-state index contributed by atoms with van der Waals surface area (Å²) in [6, 6.07) is 10.9. The van der Waals surface area contributed by atoms with Crippen molar-refractivity contribution in [3.05, 3.63) is 64.8 Å². The molecule has 1 aliphatic rings. The number of ether oxygens (including phenoxy) is 3. The van der Waals surface area contributed by atoms with E-state index in [2.05, 4.69) is 15.5 Å². The zero-order valence-corrected chi connectivity index (χ0v) is 17.8. The summed E-state index contributed by atoms with van der Waals surface area (Å²) in [5.41, 5.74) is 2.56. The summed E-state index contributed by atoms with van der Waals surface area (Å²) in [6.07, 6.45) is 1.02. The number of nitrogens with one attached hydrogen (secondary N) is 1. The van der Waals surface area contributed by atoms with E-state index in [0.717, 1.165) is 29.0 Å². The van der Waals surface area contributed by atoms with Gasteiger partial charge in [-0.1, -0.05) is 5.16 Å². The van der Waals surface area contributed by atoms with Gasteiger partial charge in [-0.05, 0) is 50.2 Å². The van der Waals surface area contributed by atoms with Crippen LogP contribution in [0.3, 0.4) is 0 Å². The maximum atomic E-state index is 12.6. The molecule has 2 aromatic carbocycles. The summed E-state index contributed by atoms with van der Waals surface area (Å²) >= 11 is 0. The lowest BCUT2D eigenvalue weighted by Gasteiger charge is -2.13. The highest BCUT2D eigenvalue weighted by Crippen LogP contribution is 2.35. The Kier molecular flexibility index (Phi) is 6.06. The molecule has 8 heteroatoms. The molecule has 8 nitrogen and oxygen atoms in total. The molecule has 1 amide bonds. The molecule has 1 unspecified atom stereocenters. The van der Waals surface area contributed by atoms with Crippen LogP contribution in [0.1, 0.15) is 47.0 Å². The molecule has 1 atom stereocenters. The molecule has 1 N–H and O–H groups in total.